The van der Waals surface area contributed by atoms with Crippen LogP contribution in [0, 0.1) is 11.3 Å². The predicted octanol–water partition coefficient (Wildman–Crippen LogP) is 3.44. The molecule has 26 heavy (non-hydrogen) atoms. The van der Waals surface area contributed by atoms with E-state index in [-0.39, 0.29) is 5.57 Å². The molecular formula is C18H20N4O3S. The van der Waals surface area contributed by atoms with Crippen molar-refractivity contribution >= 4 is 28.5 Å². The van der Waals surface area contributed by atoms with Crippen molar-refractivity contribution in [1.29, 1.82) is 5.26 Å². The predicted molar refractivity (Wildman–Crippen MR) is 100 cm³/mol. The zero-order chi connectivity index (χ0) is 18.9. The van der Waals surface area contributed by atoms with Crippen molar-refractivity contribution in [3.8, 4) is 17.6 Å². The Bertz CT molecular complexity index is 839. The lowest BCUT2D eigenvalue weighted by atomic mass is 10.1. The highest BCUT2D eigenvalue weighted by atomic mass is 32.1. The van der Waals surface area contributed by atoms with Gasteiger partial charge in [0, 0.05) is 11.6 Å². The van der Waals surface area contributed by atoms with E-state index < -0.39 is 5.91 Å². The monoisotopic (exact) mass is 372 g/mol. The van der Waals surface area contributed by atoms with E-state index >= 15 is 0 Å². The summed E-state index contributed by atoms with van der Waals surface area (Å²) >= 11 is 1.28. The normalized spacial score (nSPS) is 10.9. The summed E-state index contributed by atoms with van der Waals surface area (Å²) in [5, 5.41) is 21.0. The average Bonchev–Trinajstić information content (AvgIpc) is 3.09. The Kier molecular flexibility index (Phi) is 7.12. The van der Waals surface area contributed by atoms with Crippen LogP contribution in [0.1, 0.15) is 31.3 Å². The molecule has 136 valence electrons. The maximum Gasteiger partial charge on any atom is 0.268 e. The highest BCUT2D eigenvalue weighted by Crippen LogP contribution is 2.27. The number of nitriles is 1. The number of nitrogens with zero attached hydrogens (tertiary/aromatic N) is 3. The zero-order valence-electron chi connectivity index (χ0n) is 14.9. The molecule has 1 aromatic carbocycles. The number of anilines is 1. The minimum Gasteiger partial charge on any atom is -0.494 e. The van der Waals surface area contributed by atoms with Crippen molar-refractivity contribution in [3.63, 3.8) is 0 Å². The van der Waals surface area contributed by atoms with Gasteiger partial charge in [0.15, 0.2) is 0 Å². The van der Waals surface area contributed by atoms with Crippen LogP contribution < -0.4 is 14.8 Å². The standard InChI is InChI=1S/C18H20N4O3S/c1-4-16-21-22-18(26-16)20-17(23)13(11-19)9-12-7-8-14(24-5-2)10-15(12)25-6-3/h7-10H,4-6H2,1-3H3,(H,20,22,23)/b13-9-. The van der Waals surface area contributed by atoms with Gasteiger partial charge in [-0.1, -0.05) is 18.3 Å². The zero-order valence-corrected chi connectivity index (χ0v) is 15.7. The van der Waals surface area contributed by atoms with Gasteiger partial charge in [0.2, 0.25) is 5.13 Å². The molecule has 0 saturated carbocycles. The number of carbonyl (C=O) groups excluding carboxylic acids is 1. The molecule has 0 fully saturated rings. The number of aromatic nitrogens is 2. The van der Waals surface area contributed by atoms with Crippen molar-refractivity contribution in [2.45, 2.75) is 27.2 Å². The van der Waals surface area contributed by atoms with E-state index in [9.17, 15) is 10.1 Å². The largest absolute Gasteiger partial charge is 0.494 e. The van der Waals surface area contributed by atoms with Crippen LogP contribution in [0.2, 0.25) is 0 Å². The quantitative estimate of drug-likeness (QED) is 0.563. The number of carbonyl (C=O) groups is 1. The molecule has 1 amide bonds. The van der Waals surface area contributed by atoms with Gasteiger partial charge < -0.3 is 9.47 Å². The number of aryl methyl sites for hydroxylation is 1. The Morgan fingerprint density at radius 3 is 2.65 bits per heavy atom. The first kappa shape index (κ1) is 19.4. The molecule has 2 aromatic rings. The molecule has 0 radical (unpaired) electrons. The number of ether oxygens (including phenoxy) is 2. The van der Waals surface area contributed by atoms with E-state index in [2.05, 4.69) is 15.5 Å². The highest BCUT2D eigenvalue weighted by Gasteiger charge is 2.14. The van der Waals surface area contributed by atoms with Crippen LogP contribution >= 0.6 is 11.3 Å². The van der Waals surface area contributed by atoms with Gasteiger partial charge in [0.05, 0.1) is 13.2 Å². The van der Waals surface area contributed by atoms with E-state index in [4.69, 9.17) is 9.47 Å². The molecule has 0 aliphatic rings. The fourth-order valence-electron chi connectivity index (χ4n) is 2.09. The molecule has 0 aliphatic heterocycles. The molecule has 0 atom stereocenters. The van der Waals surface area contributed by atoms with E-state index in [1.807, 2.05) is 26.8 Å². The first-order valence-corrected chi connectivity index (χ1v) is 9.08. The summed E-state index contributed by atoms with van der Waals surface area (Å²) in [4.78, 5) is 12.4. The maximum atomic E-state index is 12.4. The smallest absolute Gasteiger partial charge is 0.268 e. The van der Waals surface area contributed by atoms with E-state index in [0.29, 0.717) is 35.4 Å². The lowest BCUT2D eigenvalue weighted by Gasteiger charge is -2.10. The van der Waals surface area contributed by atoms with Crippen LogP contribution in [0.15, 0.2) is 23.8 Å². The minimum absolute atomic E-state index is 0.0524. The molecule has 1 aromatic heterocycles. The second kappa shape index (κ2) is 9.53. The molecule has 1 N–H and O–H groups in total. The van der Waals surface area contributed by atoms with Crippen LogP contribution in [0.5, 0.6) is 11.5 Å². The Balaban J connectivity index is 2.26. The molecule has 7 nitrogen and oxygen atoms in total. The van der Waals surface area contributed by atoms with Crippen molar-refractivity contribution < 1.29 is 14.3 Å². The van der Waals surface area contributed by atoms with Crippen LogP contribution in [-0.4, -0.2) is 29.3 Å². The van der Waals surface area contributed by atoms with E-state index in [1.54, 1.807) is 18.2 Å². The third-order valence-corrected chi connectivity index (χ3v) is 4.23. The number of benzene rings is 1. The second-order valence-corrected chi connectivity index (χ2v) is 6.11. The fraction of sp³-hybridized carbons (Fsp3) is 0.333. The summed E-state index contributed by atoms with van der Waals surface area (Å²) < 4.78 is 11.1. The molecule has 2 rings (SSSR count). The molecule has 0 bridgehead atoms. The lowest BCUT2D eigenvalue weighted by molar-refractivity contribution is -0.112. The van der Waals surface area contributed by atoms with Crippen molar-refractivity contribution in [2.75, 3.05) is 18.5 Å². The summed E-state index contributed by atoms with van der Waals surface area (Å²) in [5.41, 5.74) is 0.567. The summed E-state index contributed by atoms with van der Waals surface area (Å²) in [7, 11) is 0. The summed E-state index contributed by atoms with van der Waals surface area (Å²) in [6.45, 7) is 6.69. The Morgan fingerprint density at radius 2 is 2.04 bits per heavy atom. The number of amides is 1. The second-order valence-electron chi connectivity index (χ2n) is 5.04. The topological polar surface area (TPSA) is 97.1 Å². The van der Waals surface area contributed by atoms with Crippen LogP contribution in [0.4, 0.5) is 5.13 Å². The number of rotatable bonds is 8. The van der Waals surface area contributed by atoms with Crippen LogP contribution in [-0.2, 0) is 11.2 Å². The third kappa shape index (κ3) is 5.04. The van der Waals surface area contributed by atoms with Crippen LogP contribution in [0.3, 0.4) is 0 Å². The van der Waals surface area contributed by atoms with Gasteiger partial charge in [0.1, 0.15) is 28.1 Å². The molecule has 1 heterocycles. The van der Waals surface area contributed by atoms with Gasteiger partial charge in [-0.15, -0.1) is 10.2 Å². The summed E-state index contributed by atoms with van der Waals surface area (Å²) in [5.74, 6) is 0.669. The van der Waals surface area contributed by atoms with Crippen molar-refractivity contribution in [1.82, 2.24) is 10.2 Å². The SMILES string of the molecule is CCOc1ccc(/C=C(/C#N)C(=O)Nc2nnc(CC)s2)c(OCC)c1. The first-order valence-electron chi connectivity index (χ1n) is 8.26. The van der Waals surface area contributed by atoms with Gasteiger partial charge in [-0.25, -0.2) is 0 Å². The summed E-state index contributed by atoms with van der Waals surface area (Å²) in [6, 6.07) is 7.18. The average molecular weight is 372 g/mol. The molecule has 0 saturated heterocycles. The molecule has 0 spiro atoms. The van der Waals surface area contributed by atoms with Gasteiger partial charge in [-0.05, 0) is 38.5 Å². The Labute approximate surface area is 156 Å². The summed E-state index contributed by atoms with van der Waals surface area (Å²) in [6.07, 6.45) is 2.22. The Morgan fingerprint density at radius 1 is 1.27 bits per heavy atom. The number of nitrogens with one attached hydrogen (secondary N) is 1. The molecule has 0 unspecified atom stereocenters. The molecular weight excluding hydrogens is 352 g/mol. The minimum atomic E-state index is -0.539. The van der Waals surface area contributed by atoms with Gasteiger partial charge in [-0.2, -0.15) is 5.26 Å². The van der Waals surface area contributed by atoms with Crippen LogP contribution in [0.25, 0.3) is 6.08 Å². The van der Waals surface area contributed by atoms with Gasteiger partial charge in [-0.3, -0.25) is 10.1 Å². The third-order valence-electron chi connectivity index (χ3n) is 3.25. The van der Waals surface area contributed by atoms with Gasteiger partial charge >= 0.3 is 0 Å². The molecule has 8 heteroatoms. The Hall–Kier alpha value is -2.92. The van der Waals surface area contributed by atoms with Crippen molar-refractivity contribution in [3.05, 3.63) is 34.3 Å². The first-order chi connectivity index (χ1) is 12.6. The van der Waals surface area contributed by atoms with E-state index in [0.717, 1.165) is 11.4 Å². The number of hydrogen-bond acceptors (Lipinski definition) is 7. The molecule has 0 aliphatic carbocycles. The lowest BCUT2D eigenvalue weighted by Crippen LogP contribution is -2.13. The maximum absolute atomic E-state index is 12.4. The number of hydrogen-bond donors (Lipinski definition) is 1. The van der Waals surface area contributed by atoms with Gasteiger partial charge in [0.25, 0.3) is 5.91 Å². The van der Waals surface area contributed by atoms with E-state index in [1.165, 1.54) is 17.4 Å². The van der Waals surface area contributed by atoms with Crippen molar-refractivity contribution in [2.24, 2.45) is 0 Å². The fourth-order valence-corrected chi connectivity index (χ4v) is 2.76. The highest BCUT2D eigenvalue weighted by molar-refractivity contribution is 7.15.